The normalized spacial score (nSPS) is 11.2. The number of amides is 1. The molecule has 0 aliphatic carbocycles. The monoisotopic (exact) mass is 233 g/mol. The molecule has 0 heterocycles. The van der Waals surface area contributed by atoms with E-state index in [1.54, 1.807) is 6.92 Å². The van der Waals surface area contributed by atoms with Gasteiger partial charge in [0.15, 0.2) is 20.2 Å². The van der Waals surface area contributed by atoms with Gasteiger partial charge < -0.3 is 20.6 Å². The maximum atomic E-state index is 11.1. The molecule has 4 N–H and O–H groups in total. The molecule has 16 heavy (non-hydrogen) atoms. The average molecular weight is 233 g/mol. The summed E-state index contributed by atoms with van der Waals surface area (Å²) in [7, 11) is 0. The second-order valence-electron chi connectivity index (χ2n) is 3.88. The average Bonchev–Trinajstić information content (AvgIpc) is 2.30. The highest BCUT2D eigenvalue weighted by Crippen LogP contribution is 2.03. The van der Waals surface area contributed by atoms with Gasteiger partial charge in [-0.2, -0.15) is 0 Å². The van der Waals surface area contributed by atoms with Crippen LogP contribution in [0.4, 0.5) is 0 Å². The van der Waals surface area contributed by atoms with Crippen LogP contribution < -0.4 is 5.32 Å². The van der Waals surface area contributed by atoms with Crippen molar-refractivity contribution in [2.24, 2.45) is 0 Å². The fourth-order valence-corrected chi connectivity index (χ4v) is 1.11. The van der Waals surface area contributed by atoms with Crippen molar-refractivity contribution in [2.45, 2.75) is 13.3 Å². The van der Waals surface area contributed by atoms with Gasteiger partial charge in [0, 0.05) is 18.5 Å². The van der Waals surface area contributed by atoms with Crippen molar-refractivity contribution in [1.29, 1.82) is 0 Å². The number of quaternary nitrogens is 1. The van der Waals surface area contributed by atoms with Crippen molar-refractivity contribution in [3.05, 3.63) is 12.2 Å². The number of aliphatic hydroxyl groups is 3. The molecule has 0 saturated heterocycles. The van der Waals surface area contributed by atoms with Gasteiger partial charge >= 0.3 is 0 Å². The van der Waals surface area contributed by atoms with Crippen LogP contribution in [0.25, 0.3) is 0 Å². The van der Waals surface area contributed by atoms with Gasteiger partial charge in [-0.15, -0.1) is 0 Å². The molecule has 0 saturated carbocycles. The SMILES string of the molecule is C=C(C)C(=O)NCCC[N+](CO)(CO)CO. The van der Waals surface area contributed by atoms with E-state index in [1.807, 2.05) is 0 Å². The number of nitrogens with one attached hydrogen (secondary N) is 1. The second-order valence-corrected chi connectivity index (χ2v) is 3.88. The topological polar surface area (TPSA) is 89.8 Å². The van der Waals surface area contributed by atoms with Gasteiger partial charge in [0.05, 0.1) is 6.54 Å². The third-order valence-corrected chi connectivity index (χ3v) is 2.38. The predicted molar refractivity (Wildman–Crippen MR) is 58.8 cm³/mol. The lowest BCUT2D eigenvalue weighted by atomic mass is 10.3. The van der Waals surface area contributed by atoms with Crippen molar-refractivity contribution < 1.29 is 24.6 Å². The van der Waals surface area contributed by atoms with E-state index >= 15 is 0 Å². The zero-order chi connectivity index (χ0) is 12.6. The fraction of sp³-hybridized carbons (Fsp3) is 0.700. The van der Waals surface area contributed by atoms with Crippen molar-refractivity contribution in [1.82, 2.24) is 5.32 Å². The summed E-state index contributed by atoms with van der Waals surface area (Å²) in [6, 6.07) is 0. The minimum atomic E-state index is -0.332. The van der Waals surface area contributed by atoms with Gasteiger partial charge in [-0.25, -0.2) is 0 Å². The van der Waals surface area contributed by atoms with E-state index in [9.17, 15) is 4.79 Å². The van der Waals surface area contributed by atoms with E-state index in [0.29, 0.717) is 25.1 Å². The molecule has 0 aromatic rings. The first-order valence-electron chi connectivity index (χ1n) is 5.12. The highest BCUT2D eigenvalue weighted by molar-refractivity contribution is 5.91. The first-order valence-corrected chi connectivity index (χ1v) is 5.12. The molecule has 6 nitrogen and oxygen atoms in total. The molecule has 0 unspecified atom stereocenters. The Balaban J connectivity index is 3.88. The molecule has 0 fully saturated rings. The van der Waals surface area contributed by atoms with Gasteiger partial charge in [0.1, 0.15) is 0 Å². The quantitative estimate of drug-likeness (QED) is 0.182. The second kappa shape index (κ2) is 7.34. The number of nitrogens with zero attached hydrogens (tertiary/aromatic N) is 1. The van der Waals surface area contributed by atoms with Crippen molar-refractivity contribution in [2.75, 3.05) is 33.3 Å². The van der Waals surface area contributed by atoms with E-state index < -0.39 is 0 Å². The summed E-state index contributed by atoms with van der Waals surface area (Å²) in [6.45, 7) is 4.93. The Morgan fingerprint density at radius 3 is 2.12 bits per heavy atom. The molecule has 0 rings (SSSR count). The Kier molecular flexibility index (Phi) is 6.91. The third kappa shape index (κ3) is 4.71. The van der Waals surface area contributed by atoms with Crippen LogP contribution in [0.1, 0.15) is 13.3 Å². The smallest absolute Gasteiger partial charge is 0.246 e. The largest absolute Gasteiger partial charge is 0.352 e. The van der Waals surface area contributed by atoms with Crippen LogP contribution in [0.2, 0.25) is 0 Å². The summed E-state index contributed by atoms with van der Waals surface area (Å²) in [5, 5.41) is 29.7. The maximum absolute atomic E-state index is 11.1. The zero-order valence-corrected chi connectivity index (χ0v) is 9.65. The summed E-state index contributed by atoms with van der Waals surface area (Å²) in [5.74, 6) is -0.213. The molecule has 0 aliphatic heterocycles. The summed E-state index contributed by atoms with van der Waals surface area (Å²) in [5.41, 5.74) is 0.437. The lowest BCUT2D eigenvalue weighted by Gasteiger charge is -2.31. The molecule has 0 aliphatic rings. The number of hydrogen-bond acceptors (Lipinski definition) is 4. The number of carbonyl (C=O) groups excluding carboxylic acids is 1. The Bertz CT molecular complexity index is 231. The Morgan fingerprint density at radius 1 is 1.25 bits per heavy atom. The van der Waals surface area contributed by atoms with E-state index in [-0.39, 0.29) is 30.6 Å². The number of hydrogen-bond donors (Lipinski definition) is 4. The number of aliphatic hydroxyl groups excluding tert-OH is 3. The summed E-state index contributed by atoms with van der Waals surface area (Å²) in [6.07, 6.45) is 0.556. The van der Waals surface area contributed by atoms with Crippen molar-refractivity contribution in [3.63, 3.8) is 0 Å². The van der Waals surface area contributed by atoms with Gasteiger partial charge in [0.25, 0.3) is 0 Å². The van der Waals surface area contributed by atoms with Crippen LogP contribution in [-0.4, -0.2) is 59.0 Å². The van der Waals surface area contributed by atoms with Crippen LogP contribution in [0, 0.1) is 0 Å². The minimum Gasteiger partial charge on any atom is -0.352 e. The molecular formula is C10H21N2O4+. The van der Waals surface area contributed by atoms with Gasteiger partial charge in [-0.1, -0.05) is 6.58 Å². The van der Waals surface area contributed by atoms with E-state index in [1.165, 1.54) is 0 Å². The Labute approximate surface area is 95.4 Å². The fourth-order valence-electron chi connectivity index (χ4n) is 1.11. The van der Waals surface area contributed by atoms with Crippen molar-refractivity contribution in [3.8, 4) is 0 Å². The molecule has 1 amide bonds. The molecule has 0 radical (unpaired) electrons. The zero-order valence-electron chi connectivity index (χ0n) is 9.65. The van der Waals surface area contributed by atoms with Crippen molar-refractivity contribution >= 4 is 5.91 Å². The van der Waals surface area contributed by atoms with E-state index in [4.69, 9.17) is 15.3 Å². The molecule has 0 spiro atoms. The van der Waals surface area contributed by atoms with Crippen LogP contribution in [0.3, 0.4) is 0 Å². The lowest BCUT2D eigenvalue weighted by Crippen LogP contribution is -2.51. The van der Waals surface area contributed by atoms with E-state index in [0.717, 1.165) is 0 Å². The molecular weight excluding hydrogens is 212 g/mol. The Morgan fingerprint density at radius 2 is 1.75 bits per heavy atom. The third-order valence-electron chi connectivity index (χ3n) is 2.38. The van der Waals surface area contributed by atoms with Crippen LogP contribution in [-0.2, 0) is 4.79 Å². The summed E-state index contributed by atoms with van der Waals surface area (Å²) in [4.78, 5) is 11.1. The summed E-state index contributed by atoms with van der Waals surface area (Å²) < 4.78 is -0.192. The molecule has 0 atom stereocenters. The molecule has 94 valence electrons. The first-order chi connectivity index (χ1) is 7.51. The van der Waals surface area contributed by atoms with Crippen LogP contribution >= 0.6 is 0 Å². The highest BCUT2D eigenvalue weighted by atomic mass is 16.3. The predicted octanol–water partition coefficient (Wildman–Crippen LogP) is -1.26. The molecule has 6 heteroatoms. The lowest BCUT2D eigenvalue weighted by molar-refractivity contribution is -0.976. The highest BCUT2D eigenvalue weighted by Gasteiger charge is 2.23. The number of rotatable bonds is 8. The van der Waals surface area contributed by atoms with Gasteiger partial charge in [-0.05, 0) is 6.92 Å². The van der Waals surface area contributed by atoms with Crippen LogP contribution in [0.5, 0.6) is 0 Å². The number of carbonyl (C=O) groups is 1. The molecule has 0 bridgehead atoms. The Hall–Kier alpha value is -0.950. The summed E-state index contributed by atoms with van der Waals surface area (Å²) >= 11 is 0. The van der Waals surface area contributed by atoms with Gasteiger partial charge in [0.2, 0.25) is 5.91 Å². The standard InChI is InChI=1S/C10H20N2O4/c1-9(2)10(16)11-4-3-5-12(6-13,7-14)8-15/h13-15H,1,3-8H2,2H3/p+1. The minimum absolute atomic E-state index is 0.192. The van der Waals surface area contributed by atoms with Crippen LogP contribution in [0.15, 0.2) is 12.2 Å². The molecule has 0 aromatic carbocycles. The van der Waals surface area contributed by atoms with E-state index in [2.05, 4.69) is 11.9 Å². The maximum Gasteiger partial charge on any atom is 0.246 e. The molecule has 0 aromatic heterocycles. The van der Waals surface area contributed by atoms with Gasteiger partial charge in [-0.3, -0.25) is 9.28 Å². The first kappa shape index (κ1) is 15.0.